The number of hydrogen-bond donors (Lipinski definition) is 0. The molecular weight excluding hydrogens is 365 g/mol. The van der Waals surface area contributed by atoms with Crippen LogP contribution in [0.4, 0.5) is 0 Å². The van der Waals surface area contributed by atoms with Crippen LogP contribution in [0.5, 0.6) is 0 Å². The van der Waals surface area contributed by atoms with E-state index in [0.29, 0.717) is 5.15 Å². The van der Waals surface area contributed by atoms with Crippen LogP contribution in [0.1, 0.15) is 0 Å². The Labute approximate surface area is 120 Å². The molecule has 0 amide bonds. The molecule has 0 unspecified atom stereocenters. The van der Waals surface area contributed by atoms with Crippen molar-refractivity contribution in [1.29, 1.82) is 0 Å². The molecule has 0 aliphatic rings. The predicted molar refractivity (Wildman–Crippen MR) is 79.7 cm³/mol. The maximum atomic E-state index is 6.21. The average Bonchev–Trinajstić information content (AvgIpc) is 2.29. The van der Waals surface area contributed by atoms with Gasteiger partial charge in [-0.05, 0) is 29.7 Å². The molecule has 3 aromatic rings. The Kier molecular flexibility index (Phi) is 2.85. The molecule has 0 atom stereocenters. The van der Waals surface area contributed by atoms with Crippen LogP contribution in [-0.4, -0.2) is 4.98 Å². The number of nitrogens with zero attached hydrogens (tertiary/aromatic N) is 1. The first kappa shape index (κ1) is 11.5. The largest absolute Gasteiger partial charge is 0.235 e. The van der Waals surface area contributed by atoms with Gasteiger partial charge in [0.1, 0.15) is 5.15 Å². The zero-order chi connectivity index (χ0) is 12.0. The van der Waals surface area contributed by atoms with Crippen molar-refractivity contribution in [2.45, 2.75) is 0 Å². The maximum Gasteiger partial charge on any atom is 0.137 e. The standard InChI is InChI=1S/C13H6Br2ClN/c14-7-1-3-9-10-4-2-8(15)6-12(10)17-13(16)11(9)5-7/h1-6H. The molecular formula is C13H6Br2ClN. The van der Waals surface area contributed by atoms with Crippen molar-refractivity contribution in [1.82, 2.24) is 4.98 Å². The van der Waals surface area contributed by atoms with Crippen molar-refractivity contribution in [3.05, 3.63) is 50.5 Å². The third-order valence-electron chi connectivity index (χ3n) is 2.67. The van der Waals surface area contributed by atoms with Gasteiger partial charge in [0.15, 0.2) is 0 Å². The Hall–Kier alpha value is -0.640. The summed E-state index contributed by atoms with van der Waals surface area (Å²) in [4.78, 5) is 4.42. The maximum absolute atomic E-state index is 6.21. The second-order valence-corrected chi connectivity index (χ2v) is 5.94. The highest BCUT2D eigenvalue weighted by atomic mass is 79.9. The lowest BCUT2D eigenvalue weighted by Gasteiger charge is -2.06. The number of halogens is 3. The molecule has 0 spiro atoms. The first-order valence-corrected chi connectivity index (χ1v) is 6.95. The second-order valence-electron chi connectivity index (χ2n) is 3.75. The van der Waals surface area contributed by atoms with Gasteiger partial charge in [0.25, 0.3) is 0 Å². The highest BCUT2D eigenvalue weighted by Gasteiger charge is 2.07. The van der Waals surface area contributed by atoms with E-state index >= 15 is 0 Å². The molecule has 1 nitrogen and oxygen atoms in total. The van der Waals surface area contributed by atoms with E-state index in [-0.39, 0.29) is 0 Å². The molecule has 84 valence electrons. The number of aromatic nitrogens is 1. The lowest BCUT2D eigenvalue weighted by Crippen LogP contribution is -1.85. The fourth-order valence-electron chi connectivity index (χ4n) is 1.91. The fourth-order valence-corrected chi connectivity index (χ4v) is 2.87. The highest BCUT2D eigenvalue weighted by Crippen LogP contribution is 2.32. The molecule has 4 heteroatoms. The average molecular weight is 371 g/mol. The summed E-state index contributed by atoms with van der Waals surface area (Å²) >= 11 is 13.1. The van der Waals surface area contributed by atoms with Gasteiger partial charge in [-0.25, -0.2) is 4.98 Å². The number of hydrogen-bond acceptors (Lipinski definition) is 1. The molecule has 2 aromatic carbocycles. The van der Waals surface area contributed by atoms with Crippen molar-refractivity contribution in [3.63, 3.8) is 0 Å². The smallest absolute Gasteiger partial charge is 0.137 e. The molecule has 17 heavy (non-hydrogen) atoms. The van der Waals surface area contributed by atoms with Crippen LogP contribution in [-0.2, 0) is 0 Å². The zero-order valence-electron chi connectivity index (χ0n) is 8.55. The van der Waals surface area contributed by atoms with Gasteiger partial charge in [-0.3, -0.25) is 0 Å². The quantitative estimate of drug-likeness (QED) is 0.372. The normalized spacial score (nSPS) is 11.2. The van der Waals surface area contributed by atoms with Crippen LogP contribution < -0.4 is 0 Å². The summed E-state index contributed by atoms with van der Waals surface area (Å²) in [7, 11) is 0. The minimum atomic E-state index is 0.534. The number of benzene rings is 2. The summed E-state index contributed by atoms with van der Waals surface area (Å²) in [5.41, 5.74) is 0.902. The Balaban J connectivity index is 2.55. The van der Waals surface area contributed by atoms with Gasteiger partial charge >= 0.3 is 0 Å². The third kappa shape index (κ3) is 1.96. The SMILES string of the molecule is Clc1nc2cc(Br)ccc2c2ccc(Br)cc12. The number of fused-ring (bicyclic) bond motifs is 3. The number of pyridine rings is 1. The van der Waals surface area contributed by atoms with Crippen molar-refractivity contribution >= 4 is 65.1 Å². The van der Waals surface area contributed by atoms with E-state index < -0.39 is 0 Å². The van der Waals surface area contributed by atoms with Crippen LogP contribution in [0, 0.1) is 0 Å². The molecule has 0 aliphatic carbocycles. The Morgan fingerprint density at radius 2 is 1.47 bits per heavy atom. The van der Waals surface area contributed by atoms with E-state index in [1.165, 1.54) is 0 Å². The summed E-state index contributed by atoms with van der Waals surface area (Å²) in [6.07, 6.45) is 0. The van der Waals surface area contributed by atoms with Gasteiger partial charge in [0.2, 0.25) is 0 Å². The summed E-state index contributed by atoms with van der Waals surface area (Å²) in [6, 6.07) is 12.1. The molecule has 0 N–H and O–H groups in total. The van der Waals surface area contributed by atoms with E-state index in [0.717, 1.165) is 30.6 Å². The van der Waals surface area contributed by atoms with Crippen LogP contribution in [0.15, 0.2) is 45.3 Å². The van der Waals surface area contributed by atoms with Crippen molar-refractivity contribution in [2.75, 3.05) is 0 Å². The first-order chi connectivity index (χ1) is 8.15. The Morgan fingerprint density at radius 1 is 0.824 bits per heavy atom. The Bertz CT molecular complexity index is 740. The van der Waals surface area contributed by atoms with E-state index in [1.54, 1.807) is 0 Å². The summed E-state index contributed by atoms with van der Waals surface area (Å²) in [5, 5.41) is 3.73. The van der Waals surface area contributed by atoms with Crippen molar-refractivity contribution in [3.8, 4) is 0 Å². The lowest BCUT2D eigenvalue weighted by atomic mass is 10.1. The molecule has 0 saturated carbocycles. The van der Waals surface area contributed by atoms with Gasteiger partial charge in [-0.15, -0.1) is 0 Å². The summed E-state index contributed by atoms with van der Waals surface area (Å²) < 4.78 is 2.01. The first-order valence-electron chi connectivity index (χ1n) is 4.99. The van der Waals surface area contributed by atoms with Gasteiger partial charge in [0, 0.05) is 19.7 Å². The van der Waals surface area contributed by atoms with E-state index in [9.17, 15) is 0 Å². The minimum Gasteiger partial charge on any atom is -0.235 e. The van der Waals surface area contributed by atoms with Gasteiger partial charge < -0.3 is 0 Å². The van der Waals surface area contributed by atoms with Crippen LogP contribution >= 0.6 is 43.5 Å². The zero-order valence-corrected chi connectivity index (χ0v) is 12.5. The molecule has 0 saturated heterocycles. The Morgan fingerprint density at radius 3 is 2.24 bits per heavy atom. The molecule has 1 aromatic heterocycles. The number of rotatable bonds is 0. The fraction of sp³-hybridized carbons (Fsp3) is 0. The van der Waals surface area contributed by atoms with Crippen LogP contribution in [0.3, 0.4) is 0 Å². The monoisotopic (exact) mass is 369 g/mol. The van der Waals surface area contributed by atoms with E-state index in [2.05, 4.69) is 49.0 Å². The molecule has 0 aliphatic heterocycles. The van der Waals surface area contributed by atoms with Gasteiger partial charge in [-0.2, -0.15) is 0 Å². The van der Waals surface area contributed by atoms with Gasteiger partial charge in [0.05, 0.1) is 5.52 Å². The van der Waals surface area contributed by atoms with E-state index in [4.69, 9.17) is 11.6 Å². The second kappa shape index (κ2) is 4.23. The third-order valence-corrected chi connectivity index (χ3v) is 3.95. The van der Waals surface area contributed by atoms with Crippen molar-refractivity contribution < 1.29 is 0 Å². The molecule has 0 radical (unpaired) electrons. The van der Waals surface area contributed by atoms with E-state index in [1.807, 2.05) is 24.3 Å². The molecule has 3 rings (SSSR count). The predicted octanol–water partition coefficient (Wildman–Crippen LogP) is 5.57. The molecule has 0 bridgehead atoms. The minimum absolute atomic E-state index is 0.534. The van der Waals surface area contributed by atoms with Crippen LogP contribution in [0.25, 0.3) is 21.7 Å². The lowest BCUT2D eigenvalue weighted by molar-refractivity contribution is 1.43. The molecule has 0 fully saturated rings. The van der Waals surface area contributed by atoms with Gasteiger partial charge in [-0.1, -0.05) is 55.6 Å². The topological polar surface area (TPSA) is 12.9 Å². The van der Waals surface area contributed by atoms with Crippen molar-refractivity contribution in [2.24, 2.45) is 0 Å². The summed E-state index contributed by atoms with van der Waals surface area (Å²) in [6.45, 7) is 0. The highest BCUT2D eigenvalue weighted by molar-refractivity contribution is 9.10. The van der Waals surface area contributed by atoms with Crippen LogP contribution in [0.2, 0.25) is 5.15 Å². The summed E-state index contributed by atoms with van der Waals surface area (Å²) in [5.74, 6) is 0. The molecule has 1 heterocycles.